The van der Waals surface area contributed by atoms with E-state index in [2.05, 4.69) is 57.7 Å². The van der Waals surface area contributed by atoms with Crippen molar-refractivity contribution in [1.29, 1.82) is 0 Å². The quantitative estimate of drug-likeness (QED) is 0.168. The van der Waals surface area contributed by atoms with E-state index in [9.17, 15) is 9.59 Å². The van der Waals surface area contributed by atoms with Gasteiger partial charge in [0.2, 0.25) is 0 Å². The van der Waals surface area contributed by atoms with Gasteiger partial charge in [-0.15, -0.1) is 0 Å². The minimum absolute atomic E-state index is 0.0265. The number of ether oxygens (including phenoxy) is 2. The molecule has 2 heterocycles. The van der Waals surface area contributed by atoms with E-state index in [4.69, 9.17) is 9.47 Å². The number of methoxy groups -OCH3 is 2. The molecule has 0 radical (unpaired) electrons. The number of nitrogens with zero attached hydrogens (tertiary/aromatic N) is 2. The van der Waals surface area contributed by atoms with Crippen LogP contribution >= 0.6 is 0 Å². The first-order valence-electron chi connectivity index (χ1n) is 17.8. The van der Waals surface area contributed by atoms with Gasteiger partial charge >= 0.3 is 0 Å². The molecule has 10 aromatic rings. The van der Waals surface area contributed by atoms with E-state index in [1.807, 2.05) is 109 Å². The lowest BCUT2D eigenvalue weighted by Gasteiger charge is -2.20. The third-order valence-electron chi connectivity index (χ3n) is 10.7. The monoisotopic (exact) mass is 700 g/mol. The molecule has 54 heavy (non-hydrogen) atoms. The van der Waals surface area contributed by atoms with Crippen LogP contribution < -0.4 is 20.3 Å². The summed E-state index contributed by atoms with van der Waals surface area (Å²) in [5.41, 5.74) is 7.19. The van der Waals surface area contributed by atoms with Crippen molar-refractivity contribution in [3.05, 3.63) is 178 Å². The number of pyridine rings is 2. The standard InChI is InChI=1S/C48H32N2O4/c1-53-43-25-19-29-27-31(49-39-15-7-3-11-35(39)47(51)36-12-4-8-16-40(36)49)21-23-33(29)45(43)46-34-24-22-32(28-30(34)20-26-44(46)54-2)50-41-17-9-5-13-37(41)48(52)38-14-6-10-18-42(38)50/h3-28H,1-2H3. The Morgan fingerprint density at radius 3 is 1.04 bits per heavy atom. The molecule has 0 bridgehead atoms. The van der Waals surface area contributed by atoms with Crippen LogP contribution in [0.3, 0.4) is 0 Å². The first kappa shape index (κ1) is 31.5. The number of para-hydroxylation sites is 4. The normalized spacial score (nSPS) is 11.7. The Hall–Kier alpha value is -7.18. The molecule has 0 fully saturated rings. The highest BCUT2D eigenvalue weighted by atomic mass is 16.5. The second-order valence-corrected chi connectivity index (χ2v) is 13.5. The van der Waals surface area contributed by atoms with E-state index in [1.165, 1.54) is 0 Å². The van der Waals surface area contributed by atoms with Crippen molar-refractivity contribution in [3.8, 4) is 34.0 Å². The van der Waals surface area contributed by atoms with E-state index in [0.29, 0.717) is 21.5 Å². The molecule has 0 aliphatic heterocycles. The van der Waals surface area contributed by atoms with Crippen LogP contribution in [0.15, 0.2) is 167 Å². The van der Waals surface area contributed by atoms with Gasteiger partial charge in [-0.1, -0.05) is 72.8 Å². The Morgan fingerprint density at radius 1 is 0.370 bits per heavy atom. The van der Waals surface area contributed by atoms with Crippen LogP contribution in [-0.2, 0) is 0 Å². The summed E-state index contributed by atoms with van der Waals surface area (Å²) in [6, 6.07) is 52.1. The average molecular weight is 701 g/mol. The Balaban J connectivity index is 1.22. The van der Waals surface area contributed by atoms with Crippen LogP contribution in [0.25, 0.3) is 87.7 Å². The summed E-state index contributed by atoms with van der Waals surface area (Å²) in [5.74, 6) is 1.45. The van der Waals surface area contributed by atoms with E-state index in [1.54, 1.807) is 14.2 Å². The van der Waals surface area contributed by atoms with Gasteiger partial charge in [0.05, 0.1) is 36.3 Å². The van der Waals surface area contributed by atoms with Crippen LogP contribution in [0.5, 0.6) is 11.5 Å². The molecule has 8 aromatic carbocycles. The highest BCUT2D eigenvalue weighted by molar-refractivity contribution is 6.11. The molecular weight excluding hydrogens is 669 g/mol. The number of hydrogen-bond acceptors (Lipinski definition) is 4. The summed E-state index contributed by atoms with van der Waals surface area (Å²) in [6.45, 7) is 0. The third kappa shape index (κ3) is 4.60. The molecule has 0 unspecified atom stereocenters. The number of rotatable bonds is 5. The minimum Gasteiger partial charge on any atom is -0.496 e. The summed E-state index contributed by atoms with van der Waals surface area (Å²) >= 11 is 0. The fourth-order valence-corrected chi connectivity index (χ4v) is 8.28. The Labute approximate surface area is 309 Å². The maximum atomic E-state index is 13.5. The van der Waals surface area contributed by atoms with Crippen molar-refractivity contribution in [3.63, 3.8) is 0 Å². The van der Waals surface area contributed by atoms with Crippen molar-refractivity contribution in [2.45, 2.75) is 0 Å². The lowest BCUT2D eigenvalue weighted by Crippen LogP contribution is -2.10. The zero-order chi connectivity index (χ0) is 36.5. The zero-order valence-electron chi connectivity index (χ0n) is 29.5. The van der Waals surface area contributed by atoms with Crippen LogP contribution in [0.1, 0.15) is 0 Å². The van der Waals surface area contributed by atoms with Gasteiger partial charge in [0.25, 0.3) is 0 Å². The second-order valence-electron chi connectivity index (χ2n) is 13.5. The molecule has 0 saturated carbocycles. The molecule has 0 aliphatic rings. The van der Waals surface area contributed by atoms with E-state index in [-0.39, 0.29) is 10.9 Å². The molecule has 2 aromatic heterocycles. The van der Waals surface area contributed by atoms with Crippen molar-refractivity contribution in [2.24, 2.45) is 0 Å². The summed E-state index contributed by atoms with van der Waals surface area (Å²) in [7, 11) is 3.39. The fourth-order valence-electron chi connectivity index (χ4n) is 8.28. The first-order chi connectivity index (χ1) is 26.6. The fraction of sp³-hybridized carbons (Fsp3) is 0.0417. The van der Waals surface area contributed by atoms with Gasteiger partial charge in [-0.3, -0.25) is 9.59 Å². The Kier molecular flexibility index (Phi) is 7.13. The van der Waals surface area contributed by atoms with E-state index < -0.39 is 0 Å². The smallest absolute Gasteiger partial charge is 0.197 e. The first-order valence-corrected chi connectivity index (χ1v) is 17.8. The SMILES string of the molecule is COc1ccc2cc(-n3c4ccccc4c(=O)c4ccccc43)ccc2c1-c1c(OC)ccc2cc(-n3c4ccccc4c(=O)c4ccccc43)ccc12. The van der Waals surface area contributed by atoms with Gasteiger partial charge in [0.15, 0.2) is 10.9 Å². The average Bonchev–Trinajstić information content (AvgIpc) is 3.23. The molecule has 0 N–H and O–H groups in total. The second kappa shape index (κ2) is 12.2. The molecule has 0 atom stereocenters. The lowest BCUT2D eigenvalue weighted by molar-refractivity contribution is 0.411. The largest absolute Gasteiger partial charge is 0.496 e. The highest BCUT2D eigenvalue weighted by Crippen LogP contribution is 2.46. The number of benzene rings is 8. The number of aromatic nitrogens is 2. The molecule has 0 spiro atoms. The molecule has 6 heteroatoms. The van der Waals surface area contributed by atoms with Gasteiger partial charge in [-0.05, 0) is 106 Å². The molecule has 10 rings (SSSR count). The number of fused-ring (bicyclic) bond motifs is 6. The molecule has 0 amide bonds. The van der Waals surface area contributed by atoms with Crippen LogP contribution in [0.2, 0.25) is 0 Å². The molecule has 258 valence electrons. The van der Waals surface area contributed by atoms with Crippen molar-refractivity contribution in [2.75, 3.05) is 14.2 Å². The van der Waals surface area contributed by atoms with Gasteiger partial charge in [-0.2, -0.15) is 0 Å². The Bertz CT molecular complexity index is 2960. The van der Waals surface area contributed by atoms with E-state index in [0.717, 1.165) is 77.6 Å². The number of hydrogen-bond donors (Lipinski definition) is 0. The third-order valence-corrected chi connectivity index (χ3v) is 10.7. The van der Waals surface area contributed by atoms with Crippen molar-refractivity contribution >= 4 is 65.2 Å². The maximum absolute atomic E-state index is 13.5. The molecular formula is C48H32N2O4. The Morgan fingerprint density at radius 2 is 0.704 bits per heavy atom. The summed E-state index contributed by atoms with van der Waals surface area (Å²) < 4.78 is 16.5. The van der Waals surface area contributed by atoms with Gasteiger partial charge < -0.3 is 18.6 Å². The highest BCUT2D eigenvalue weighted by Gasteiger charge is 2.21. The van der Waals surface area contributed by atoms with Gasteiger partial charge in [0, 0.05) is 44.0 Å². The summed E-state index contributed by atoms with van der Waals surface area (Å²) in [6.07, 6.45) is 0. The van der Waals surface area contributed by atoms with Gasteiger partial charge in [-0.25, -0.2) is 0 Å². The van der Waals surface area contributed by atoms with Gasteiger partial charge in [0.1, 0.15) is 11.5 Å². The molecule has 0 aliphatic carbocycles. The van der Waals surface area contributed by atoms with Crippen molar-refractivity contribution < 1.29 is 9.47 Å². The summed E-state index contributed by atoms with van der Waals surface area (Å²) in [5, 5.41) is 6.72. The summed E-state index contributed by atoms with van der Waals surface area (Å²) in [4.78, 5) is 27.0. The minimum atomic E-state index is 0.0265. The van der Waals surface area contributed by atoms with E-state index >= 15 is 0 Å². The maximum Gasteiger partial charge on any atom is 0.197 e. The van der Waals surface area contributed by atoms with Crippen LogP contribution in [0, 0.1) is 0 Å². The van der Waals surface area contributed by atoms with Crippen LogP contribution in [0.4, 0.5) is 0 Å². The van der Waals surface area contributed by atoms with Crippen LogP contribution in [-0.4, -0.2) is 23.4 Å². The predicted molar refractivity (Wildman–Crippen MR) is 221 cm³/mol. The topological polar surface area (TPSA) is 62.5 Å². The lowest BCUT2D eigenvalue weighted by atomic mass is 9.91. The molecule has 0 saturated heterocycles. The predicted octanol–water partition coefficient (Wildman–Crippen LogP) is 10.6. The zero-order valence-corrected chi connectivity index (χ0v) is 29.5. The molecule has 6 nitrogen and oxygen atoms in total. The van der Waals surface area contributed by atoms with Crippen molar-refractivity contribution in [1.82, 2.24) is 9.13 Å².